The van der Waals surface area contributed by atoms with Gasteiger partial charge in [0.05, 0.1) is 18.1 Å². The zero-order valence-electron chi connectivity index (χ0n) is 22.4. The van der Waals surface area contributed by atoms with E-state index in [4.69, 9.17) is 9.72 Å². The van der Waals surface area contributed by atoms with Gasteiger partial charge in [0.2, 0.25) is 21.6 Å². The third-order valence-electron chi connectivity index (χ3n) is 6.82. The molecule has 13 heteroatoms. The van der Waals surface area contributed by atoms with Crippen LogP contribution in [0.15, 0.2) is 18.7 Å². The van der Waals surface area contributed by atoms with Crippen LogP contribution in [-0.2, 0) is 10.0 Å². The average molecular weight is 534 g/mol. The lowest BCUT2D eigenvalue weighted by molar-refractivity contribution is 0.244. The lowest BCUT2D eigenvalue weighted by Crippen LogP contribution is -2.48. The van der Waals surface area contributed by atoms with Gasteiger partial charge >= 0.3 is 0 Å². The topological polar surface area (TPSA) is 134 Å². The smallest absolute Gasteiger partial charge is 0.243 e. The number of aromatic amines is 1. The van der Waals surface area contributed by atoms with Crippen molar-refractivity contribution in [3.63, 3.8) is 0 Å². The third-order valence-corrected chi connectivity index (χ3v) is 8.74. The second-order valence-electron chi connectivity index (χ2n) is 9.85. The number of aromatic nitrogens is 6. The van der Waals surface area contributed by atoms with Crippen LogP contribution in [0.3, 0.4) is 0 Å². The van der Waals surface area contributed by atoms with Crippen molar-refractivity contribution in [2.75, 3.05) is 43.8 Å². The molecule has 0 aliphatic carbocycles. The van der Waals surface area contributed by atoms with Crippen molar-refractivity contribution in [2.45, 2.75) is 59.6 Å². The zero-order chi connectivity index (χ0) is 26.6. The van der Waals surface area contributed by atoms with Gasteiger partial charge in [0, 0.05) is 30.9 Å². The van der Waals surface area contributed by atoms with Crippen LogP contribution in [0.25, 0.3) is 16.9 Å². The Balaban J connectivity index is 1.44. The molecule has 4 heterocycles. The van der Waals surface area contributed by atoms with Crippen LogP contribution in [0.1, 0.15) is 47.5 Å². The highest BCUT2D eigenvalue weighted by atomic mass is 32.2. The van der Waals surface area contributed by atoms with E-state index in [1.165, 1.54) is 0 Å². The van der Waals surface area contributed by atoms with Crippen LogP contribution in [0.5, 0.6) is 5.75 Å². The predicted octanol–water partition coefficient (Wildman–Crippen LogP) is 2.49. The molecule has 1 saturated heterocycles. The van der Waals surface area contributed by atoms with E-state index < -0.39 is 10.0 Å². The molecule has 0 amide bonds. The van der Waals surface area contributed by atoms with Gasteiger partial charge in [0.1, 0.15) is 12.0 Å². The molecule has 0 aromatic carbocycles. The predicted molar refractivity (Wildman–Crippen MR) is 143 cm³/mol. The maximum atomic E-state index is 13.0. The largest absolute Gasteiger partial charge is 0.485 e. The van der Waals surface area contributed by atoms with Crippen molar-refractivity contribution in [3.8, 4) is 17.0 Å². The van der Waals surface area contributed by atoms with Crippen molar-refractivity contribution < 1.29 is 13.2 Å². The summed E-state index contributed by atoms with van der Waals surface area (Å²) in [7, 11) is -3.28. The molecule has 0 saturated carbocycles. The highest BCUT2D eigenvalue weighted by Crippen LogP contribution is 2.32. The van der Waals surface area contributed by atoms with Gasteiger partial charge in [-0.3, -0.25) is 5.10 Å². The van der Waals surface area contributed by atoms with Crippen molar-refractivity contribution in [2.24, 2.45) is 5.92 Å². The Labute approximate surface area is 218 Å². The summed E-state index contributed by atoms with van der Waals surface area (Å²) in [6, 6.07) is 0.0512. The third kappa shape index (κ3) is 6.39. The minimum absolute atomic E-state index is 0.0512. The lowest BCUT2D eigenvalue weighted by Gasteiger charge is -2.36. The summed E-state index contributed by atoms with van der Waals surface area (Å²) in [5.41, 5.74) is 2.00. The number of nitrogens with zero attached hydrogens (tertiary/aromatic N) is 7. The number of nitrogens with one attached hydrogen (secondary N) is 2. The summed E-state index contributed by atoms with van der Waals surface area (Å²) in [6.45, 7) is 13.8. The van der Waals surface area contributed by atoms with Crippen LogP contribution in [0.2, 0.25) is 0 Å². The fraction of sp³-hybridized carbons (Fsp3) is 0.667. The summed E-state index contributed by atoms with van der Waals surface area (Å²) < 4.78 is 35.2. The number of H-pyrrole nitrogens is 1. The number of hydrogen-bond acceptors (Lipinski definition) is 9. The molecule has 3 aromatic rings. The maximum absolute atomic E-state index is 13.0. The molecule has 204 valence electrons. The Morgan fingerprint density at radius 1 is 1.30 bits per heavy atom. The molecule has 12 nitrogen and oxygen atoms in total. The van der Waals surface area contributed by atoms with Gasteiger partial charge < -0.3 is 15.0 Å². The van der Waals surface area contributed by atoms with E-state index in [2.05, 4.69) is 51.3 Å². The van der Waals surface area contributed by atoms with Crippen molar-refractivity contribution in [1.82, 2.24) is 39.0 Å². The molecule has 2 atom stereocenters. The number of sulfonamides is 1. The summed E-state index contributed by atoms with van der Waals surface area (Å²) in [5.74, 6) is 1.29. The molecule has 2 N–H and O–H groups in total. The molecule has 0 bridgehead atoms. The van der Waals surface area contributed by atoms with E-state index in [0.29, 0.717) is 49.0 Å². The first-order chi connectivity index (χ1) is 17.7. The van der Waals surface area contributed by atoms with Gasteiger partial charge in [-0.2, -0.15) is 14.6 Å². The van der Waals surface area contributed by atoms with Crippen molar-refractivity contribution in [1.29, 1.82) is 0 Å². The van der Waals surface area contributed by atoms with E-state index in [-0.39, 0.29) is 23.8 Å². The van der Waals surface area contributed by atoms with E-state index >= 15 is 0 Å². The Morgan fingerprint density at radius 2 is 2.08 bits per heavy atom. The van der Waals surface area contributed by atoms with Crippen LogP contribution >= 0.6 is 0 Å². The van der Waals surface area contributed by atoms with Crippen molar-refractivity contribution >= 4 is 21.6 Å². The zero-order valence-corrected chi connectivity index (χ0v) is 23.2. The Kier molecular flexibility index (Phi) is 8.65. The molecule has 1 aliphatic heterocycles. The average Bonchev–Trinajstić information content (AvgIpc) is 3.53. The number of anilines is 1. The maximum Gasteiger partial charge on any atom is 0.243 e. The van der Waals surface area contributed by atoms with E-state index in [1.807, 2.05) is 13.8 Å². The van der Waals surface area contributed by atoms with Gasteiger partial charge in [-0.25, -0.2) is 17.7 Å². The first kappa shape index (κ1) is 27.3. The van der Waals surface area contributed by atoms with Gasteiger partial charge in [-0.05, 0) is 52.2 Å². The Morgan fingerprint density at radius 3 is 2.73 bits per heavy atom. The first-order valence-corrected chi connectivity index (χ1v) is 14.7. The summed E-state index contributed by atoms with van der Waals surface area (Å²) in [6.07, 6.45) is 6.31. The molecule has 0 spiro atoms. The van der Waals surface area contributed by atoms with Crippen LogP contribution < -0.4 is 10.1 Å². The molecule has 1 aliphatic rings. The van der Waals surface area contributed by atoms with Gasteiger partial charge in [0.15, 0.2) is 5.75 Å². The summed E-state index contributed by atoms with van der Waals surface area (Å²) in [5, 5.41) is 14.8. The molecular weight excluding hydrogens is 494 g/mol. The number of rotatable bonds is 12. The van der Waals surface area contributed by atoms with E-state index in [9.17, 15) is 8.42 Å². The second kappa shape index (κ2) is 11.7. The number of piperidine rings is 1. The normalized spacial score (nSPS) is 19.2. The summed E-state index contributed by atoms with van der Waals surface area (Å²) >= 11 is 0. The Bertz CT molecular complexity index is 1260. The Hall–Kier alpha value is -2.77. The lowest BCUT2D eigenvalue weighted by atomic mass is 9.95. The fourth-order valence-electron chi connectivity index (χ4n) is 4.71. The standard InChI is InChI=1S/C24H39N9O3S/c1-6-31(7-2)10-8-12-37(34,35)32-11-9-20(18(5)15-32)28-24-29-23-22(36-17(3)4)21(19-13-26-27-14-19)25-16-33(23)30-24/h13-14,16-18,20H,6-12,15H2,1-5H3,(H,26,27)(H,28,30)/t18-,20+/m1/s1. The van der Waals surface area contributed by atoms with Crippen molar-refractivity contribution in [3.05, 3.63) is 18.7 Å². The first-order valence-electron chi connectivity index (χ1n) is 13.1. The van der Waals surface area contributed by atoms with E-state index in [0.717, 1.165) is 25.2 Å². The molecule has 1 fully saturated rings. The molecular formula is C24H39N9O3S. The van der Waals surface area contributed by atoms with Crippen LogP contribution in [-0.4, -0.2) is 98.0 Å². The number of ether oxygens (including phenoxy) is 1. The molecule has 0 radical (unpaired) electrons. The number of fused-ring (bicyclic) bond motifs is 1. The van der Waals surface area contributed by atoms with Gasteiger partial charge in [-0.1, -0.05) is 20.8 Å². The molecule has 0 unspecified atom stereocenters. The van der Waals surface area contributed by atoms with Gasteiger partial charge in [-0.15, -0.1) is 5.10 Å². The summed E-state index contributed by atoms with van der Waals surface area (Å²) in [4.78, 5) is 11.5. The molecule has 37 heavy (non-hydrogen) atoms. The highest BCUT2D eigenvalue weighted by molar-refractivity contribution is 7.89. The minimum Gasteiger partial charge on any atom is -0.485 e. The molecule has 3 aromatic heterocycles. The second-order valence-corrected chi connectivity index (χ2v) is 11.9. The minimum atomic E-state index is -3.28. The van der Waals surface area contributed by atoms with Crippen LogP contribution in [0, 0.1) is 5.92 Å². The van der Waals surface area contributed by atoms with E-state index in [1.54, 1.807) is 27.5 Å². The SMILES string of the molecule is CCN(CC)CCCS(=O)(=O)N1CC[C@H](Nc2nc3c(OC(C)C)c(-c4cn[nH]c4)ncn3n2)[C@H](C)C1. The quantitative estimate of drug-likeness (QED) is 0.360. The number of hydrogen-bond donors (Lipinski definition) is 2. The highest BCUT2D eigenvalue weighted by Gasteiger charge is 2.33. The monoisotopic (exact) mass is 533 g/mol. The fourth-order valence-corrected chi connectivity index (χ4v) is 6.30. The van der Waals surface area contributed by atoms with Crippen LogP contribution in [0.4, 0.5) is 5.95 Å². The molecule has 4 rings (SSSR count). The van der Waals surface area contributed by atoms with Gasteiger partial charge in [0.25, 0.3) is 0 Å².